The van der Waals surface area contributed by atoms with E-state index in [-0.39, 0.29) is 0 Å². The topological polar surface area (TPSA) is 0 Å². The lowest BCUT2D eigenvalue weighted by atomic mass is 9.99. The van der Waals surface area contributed by atoms with Gasteiger partial charge in [0.25, 0.3) is 0 Å². The van der Waals surface area contributed by atoms with Crippen LogP contribution in [0.15, 0.2) is 12.2 Å². The van der Waals surface area contributed by atoms with Gasteiger partial charge in [-0.1, -0.05) is 108 Å². The normalized spacial score (nSPS) is 23.5. The highest BCUT2D eigenvalue weighted by Crippen LogP contribution is 2.18. The third-order valence-corrected chi connectivity index (χ3v) is 5.06. The average molecular weight is 293 g/mol. The zero-order valence-corrected chi connectivity index (χ0v) is 14.6. The fraction of sp³-hybridized carbons (Fsp3) is 0.905. The maximum Gasteiger partial charge on any atom is -0.0323 e. The highest BCUT2D eigenvalue weighted by atomic mass is 14.0. The first kappa shape index (κ1) is 18.8. The molecule has 0 nitrogen and oxygen atoms in total. The van der Waals surface area contributed by atoms with Crippen molar-refractivity contribution in [2.75, 3.05) is 0 Å². The van der Waals surface area contributed by atoms with Crippen LogP contribution in [0.3, 0.4) is 0 Å². The molecule has 0 bridgehead atoms. The molecule has 21 heavy (non-hydrogen) atoms. The van der Waals surface area contributed by atoms with E-state index >= 15 is 0 Å². The van der Waals surface area contributed by atoms with Crippen molar-refractivity contribution in [3.8, 4) is 0 Å². The quantitative estimate of drug-likeness (QED) is 0.397. The molecule has 0 aliphatic heterocycles. The second-order valence-electron chi connectivity index (χ2n) is 7.26. The maximum absolute atomic E-state index is 4.27. The van der Waals surface area contributed by atoms with Gasteiger partial charge in [-0.3, -0.25) is 0 Å². The van der Waals surface area contributed by atoms with Gasteiger partial charge in [0.05, 0.1) is 0 Å². The summed E-state index contributed by atoms with van der Waals surface area (Å²) in [7, 11) is 0. The SMILES string of the molecule is C=C1CCCCCCCCCCCCCCCCCCC1. The third-order valence-electron chi connectivity index (χ3n) is 5.06. The number of hydrogen-bond donors (Lipinski definition) is 0. The summed E-state index contributed by atoms with van der Waals surface area (Å²) in [6, 6.07) is 0. The van der Waals surface area contributed by atoms with Gasteiger partial charge in [0.2, 0.25) is 0 Å². The lowest BCUT2D eigenvalue weighted by Crippen LogP contribution is -1.87. The molecular weight excluding hydrogens is 252 g/mol. The van der Waals surface area contributed by atoms with E-state index in [0.717, 1.165) is 0 Å². The summed E-state index contributed by atoms with van der Waals surface area (Å²) in [4.78, 5) is 0. The van der Waals surface area contributed by atoms with Crippen LogP contribution in [0.2, 0.25) is 0 Å². The molecule has 0 N–H and O–H groups in total. The van der Waals surface area contributed by atoms with Gasteiger partial charge in [0, 0.05) is 0 Å². The highest BCUT2D eigenvalue weighted by Gasteiger charge is 1.98. The van der Waals surface area contributed by atoms with E-state index in [1.165, 1.54) is 128 Å². The van der Waals surface area contributed by atoms with Crippen LogP contribution < -0.4 is 0 Å². The summed E-state index contributed by atoms with van der Waals surface area (Å²) in [5, 5.41) is 0. The Balaban J connectivity index is 2.09. The molecule has 0 heteroatoms. The van der Waals surface area contributed by atoms with Gasteiger partial charge in [-0.15, -0.1) is 0 Å². The fourth-order valence-corrected chi connectivity index (χ4v) is 3.53. The van der Waals surface area contributed by atoms with Crippen molar-refractivity contribution in [2.45, 2.75) is 122 Å². The Hall–Kier alpha value is -0.260. The monoisotopic (exact) mass is 292 g/mol. The summed E-state index contributed by atoms with van der Waals surface area (Å²) in [6.07, 6.45) is 27.4. The molecule has 0 saturated heterocycles. The van der Waals surface area contributed by atoms with Crippen LogP contribution in [0, 0.1) is 0 Å². The molecule has 1 aliphatic carbocycles. The van der Waals surface area contributed by atoms with Crippen LogP contribution in [0.4, 0.5) is 0 Å². The molecule has 1 aliphatic rings. The molecule has 0 heterocycles. The fourth-order valence-electron chi connectivity index (χ4n) is 3.53. The van der Waals surface area contributed by atoms with Gasteiger partial charge in [-0.2, -0.15) is 0 Å². The van der Waals surface area contributed by atoms with E-state index in [2.05, 4.69) is 6.58 Å². The summed E-state index contributed by atoms with van der Waals surface area (Å²) in [6.45, 7) is 4.27. The van der Waals surface area contributed by atoms with E-state index in [9.17, 15) is 0 Å². The predicted molar refractivity (Wildman–Crippen MR) is 96.9 cm³/mol. The first-order valence-corrected chi connectivity index (χ1v) is 10.1. The number of rotatable bonds is 0. The van der Waals surface area contributed by atoms with E-state index in [4.69, 9.17) is 0 Å². The molecule has 0 amide bonds. The number of allylic oxidation sites excluding steroid dienone is 1. The molecule has 0 radical (unpaired) electrons. The molecule has 1 saturated carbocycles. The van der Waals surface area contributed by atoms with Gasteiger partial charge in [0.1, 0.15) is 0 Å². The van der Waals surface area contributed by atoms with E-state index < -0.39 is 0 Å². The molecule has 0 aromatic rings. The predicted octanol–water partition coefficient (Wildman–Crippen LogP) is 7.97. The Morgan fingerprint density at radius 3 is 0.762 bits per heavy atom. The Morgan fingerprint density at radius 2 is 0.524 bits per heavy atom. The Kier molecular flexibility index (Phi) is 13.1. The lowest BCUT2D eigenvalue weighted by molar-refractivity contribution is 0.520. The van der Waals surface area contributed by atoms with Crippen LogP contribution in [0.5, 0.6) is 0 Å². The summed E-state index contributed by atoms with van der Waals surface area (Å²) in [5.74, 6) is 0. The van der Waals surface area contributed by atoms with Crippen LogP contribution in [-0.4, -0.2) is 0 Å². The minimum Gasteiger partial charge on any atom is -0.0999 e. The zero-order valence-electron chi connectivity index (χ0n) is 14.6. The molecule has 124 valence electrons. The van der Waals surface area contributed by atoms with Gasteiger partial charge < -0.3 is 0 Å². The number of hydrogen-bond acceptors (Lipinski definition) is 0. The minimum absolute atomic E-state index is 1.29. The van der Waals surface area contributed by atoms with Gasteiger partial charge >= 0.3 is 0 Å². The highest BCUT2D eigenvalue weighted by molar-refractivity contribution is 4.93. The summed E-state index contributed by atoms with van der Waals surface area (Å²) in [5.41, 5.74) is 1.52. The van der Waals surface area contributed by atoms with Crippen LogP contribution in [-0.2, 0) is 0 Å². The molecular formula is C21H40. The molecule has 0 aromatic carbocycles. The third kappa shape index (κ3) is 13.1. The second-order valence-corrected chi connectivity index (χ2v) is 7.26. The van der Waals surface area contributed by atoms with Crippen LogP contribution >= 0.6 is 0 Å². The first-order chi connectivity index (χ1) is 10.4. The molecule has 0 unspecified atom stereocenters. The summed E-state index contributed by atoms with van der Waals surface area (Å²) < 4.78 is 0. The van der Waals surface area contributed by atoms with Crippen molar-refractivity contribution < 1.29 is 0 Å². The van der Waals surface area contributed by atoms with Crippen molar-refractivity contribution in [3.63, 3.8) is 0 Å². The molecule has 1 fully saturated rings. The molecule has 0 aromatic heterocycles. The summed E-state index contributed by atoms with van der Waals surface area (Å²) >= 11 is 0. The average Bonchev–Trinajstić information content (AvgIpc) is 2.48. The first-order valence-electron chi connectivity index (χ1n) is 10.1. The van der Waals surface area contributed by atoms with Crippen molar-refractivity contribution in [1.29, 1.82) is 0 Å². The second kappa shape index (κ2) is 14.7. The standard InChI is InChI=1S/C21H40/c1-21-19-17-15-13-11-9-7-5-3-2-4-6-8-10-12-14-16-18-20-21/h1-20H2. The van der Waals surface area contributed by atoms with Crippen molar-refractivity contribution in [3.05, 3.63) is 12.2 Å². The van der Waals surface area contributed by atoms with Crippen LogP contribution in [0.1, 0.15) is 122 Å². The van der Waals surface area contributed by atoms with E-state index in [0.29, 0.717) is 0 Å². The van der Waals surface area contributed by atoms with Gasteiger partial charge in [-0.25, -0.2) is 0 Å². The Bertz CT molecular complexity index is 206. The maximum atomic E-state index is 4.27. The Labute approximate surface area is 134 Å². The van der Waals surface area contributed by atoms with Crippen molar-refractivity contribution >= 4 is 0 Å². The van der Waals surface area contributed by atoms with Gasteiger partial charge in [-0.05, 0) is 25.7 Å². The zero-order chi connectivity index (χ0) is 15.0. The lowest BCUT2D eigenvalue weighted by Gasteiger charge is -2.07. The largest absolute Gasteiger partial charge is 0.0999 e. The molecule has 0 spiro atoms. The Morgan fingerprint density at radius 1 is 0.333 bits per heavy atom. The molecule has 0 atom stereocenters. The van der Waals surface area contributed by atoms with E-state index in [1.807, 2.05) is 0 Å². The van der Waals surface area contributed by atoms with E-state index in [1.54, 1.807) is 0 Å². The molecule has 1 rings (SSSR count). The van der Waals surface area contributed by atoms with Crippen molar-refractivity contribution in [1.82, 2.24) is 0 Å². The minimum atomic E-state index is 1.29. The smallest absolute Gasteiger partial charge is 0.0323 e. The van der Waals surface area contributed by atoms with Crippen molar-refractivity contribution in [2.24, 2.45) is 0 Å². The van der Waals surface area contributed by atoms with Crippen LogP contribution in [0.25, 0.3) is 0 Å². The van der Waals surface area contributed by atoms with Gasteiger partial charge in [0.15, 0.2) is 0 Å².